The molecule has 2 aromatic rings. The summed E-state index contributed by atoms with van der Waals surface area (Å²) in [7, 11) is 1.75. The van der Waals surface area contributed by atoms with Gasteiger partial charge in [-0.25, -0.2) is 0 Å². The summed E-state index contributed by atoms with van der Waals surface area (Å²) in [4.78, 5) is 8.66. The van der Waals surface area contributed by atoms with Gasteiger partial charge in [0, 0.05) is 43.8 Å². The Morgan fingerprint density at radius 3 is 2.57 bits per heavy atom. The highest BCUT2D eigenvalue weighted by atomic mass is 35.5. The van der Waals surface area contributed by atoms with Crippen molar-refractivity contribution >= 4 is 17.6 Å². The second-order valence-electron chi connectivity index (χ2n) is 6.72. The van der Waals surface area contributed by atoms with Gasteiger partial charge in [-0.15, -0.1) is 0 Å². The molecular weight excluding hydrogens is 378 g/mol. The Hall–Kier alpha value is -2.12. The molecule has 0 aliphatic carbocycles. The largest absolute Gasteiger partial charge is 0.378 e. The summed E-state index contributed by atoms with van der Waals surface area (Å²) < 4.78 is 11.1. The molecule has 0 fully saturated rings. The number of aromatic nitrogens is 2. The Kier molecular flexibility index (Phi) is 9.23. The van der Waals surface area contributed by atoms with E-state index >= 15 is 0 Å². The minimum absolute atomic E-state index is 0.250. The number of nitrogens with one attached hydrogen (secondary N) is 2. The molecule has 7 nitrogen and oxygen atoms in total. The Bertz CT molecular complexity index is 730. The van der Waals surface area contributed by atoms with Gasteiger partial charge < -0.3 is 19.9 Å². The van der Waals surface area contributed by atoms with E-state index in [1.807, 2.05) is 19.1 Å². The molecule has 154 valence electrons. The van der Waals surface area contributed by atoms with Crippen molar-refractivity contribution in [3.05, 3.63) is 35.2 Å². The first-order chi connectivity index (χ1) is 13.5. The fourth-order valence-electron chi connectivity index (χ4n) is 2.74. The van der Waals surface area contributed by atoms with Crippen LogP contribution in [0.2, 0.25) is 5.02 Å². The summed E-state index contributed by atoms with van der Waals surface area (Å²) in [6.07, 6.45) is 1.79. The molecule has 8 heteroatoms. The average molecular weight is 408 g/mol. The molecule has 0 saturated carbocycles. The van der Waals surface area contributed by atoms with Gasteiger partial charge in [-0.3, -0.25) is 4.99 Å². The maximum absolute atomic E-state index is 5.90. The Balaban J connectivity index is 1.75. The van der Waals surface area contributed by atoms with Crippen LogP contribution in [0.1, 0.15) is 33.1 Å². The van der Waals surface area contributed by atoms with E-state index < -0.39 is 0 Å². The van der Waals surface area contributed by atoms with Crippen LogP contribution in [0.3, 0.4) is 0 Å². The summed E-state index contributed by atoms with van der Waals surface area (Å²) in [5.41, 5.74) is 0.874. The van der Waals surface area contributed by atoms with Gasteiger partial charge in [0.15, 0.2) is 5.96 Å². The van der Waals surface area contributed by atoms with E-state index in [0.29, 0.717) is 35.6 Å². The Labute approximate surface area is 171 Å². The van der Waals surface area contributed by atoms with Crippen molar-refractivity contribution < 1.29 is 9.26 Å². The van der Waals surface area contributed by atoms with Gasteiger partial charge in [0.05, 0.1) is 6.10 Å². The lowest BCUT2D eigenvalue weighted by atomic mass is 10.0. The van der Waals surface area contributed by atoms with E-state index in [1.54, 1.807) is 19.2 Å². The van der Waals surface area contributed by atoms with Gasteiger partial charge in [-0.1, -0.05) is 30.6 Å². The third-order valence-corrected chi connectivity index (χ3v) is 4.52. The van der Waals surface area contributed by atoms with E-state index in [4.69, 9.17) is 20.9 Å². The molecule has 0 amide bonds. The molecule has 1 aromatic heterocycles. The number of aliphatic imine (C=N–C) groups is 1. The first-order valence-corrected chi connectivity index (χ1v) is 10.1. The predicted molar refractivity (Wildman–Crippen MR) is 113 cm³/mol. The number of hydrogen-bond acceptors (Lipinski definition) is 5. The van der Waals surface area contributed by atoms with Crippen LogP contribution >= 0.6 is 11.6 Å². The van der Waals surface area contributed by atoms with Gasteiger partial charge >= 0.3 is 0 Å². The molecule has 0 aliphatic heterocycles. The van der Waals surface area contributed by atoms with Crippen LogP contribution in [0.25, 0.3) is 11.4 Å². The first-order valence-electron chi connectivity index (χ1n) is 9.68. The molecule has 2 N–H and O–H groups in total. The number of benzene rings is 1. The monoisotopic (exact) mass is 407 g/mol. The van der Waals surface area contributed by atoms with Crippen LogP contribution in [0.5, 0.6) is 0 Å². The summed E-state index contributed by atoms with van der Waals surface area (Å²) >= 11 is 5.90. The topological polar surface area (TPSA) is 84.6 Å². The van der Waals surface area contributed by atoms with Gasteiger partial charge in [-0.2, -0.15) is 4.98 Å². The lowest BCUT2D eigenvalue weighted by Crippen LogP contribution is -2.40. The lowest BCUT2D eigenvalue weighted by molar-refractivity contribution is 0.0258. The minimum Gasteiger partial charge on any atom is -0.378 e. The van der Waals surface area contributed by atoms with Gasteiger partial charge in [0.2, 0.25) is 11.7 Å². The fraction of sp³-hybridized carbons (Fsp3) is 0.550. The number of rotatable bonds is 10. The van der Waals surface area contributed by atoms with E-state index in [2.05, 4.69) is 39.6 Å². The van der Waals surface area contributed by atoms with Crippen LogP contribution in [0.15, 0.2) is 33.8 Å². The van der Waals surface area contributed by atoms with Crippen molar-refractivity contribution in [1.29, 1.82) is 0 Å². The highest BCUT2D eigenvalue weighted by Crippen LogP contribution is 2.18. The molecule has 0 radical (unpaired) electrons. The molecule has 1 unspecified atom stereocenters. The molecule has 0 spiro atoms. The summed E-state index contributed by atoms with van der Waals surface area (Å²) in [5, 5.41) is 11.3. The van der Waals surface area contributed by atoms with Crippen LogP contribution in [0, 0.1) is 5.92 Å². The summed E-state index contributed by atoms with van der Waals surface area (Å²) in [6.45, 7) is 8.55. The maximum Gasteiger partial charge on any atom is 0.228 e. The van der Waals surface area contributed by atoms with Crippen molar-refractivity contribution in [3.63, 3.8) is 0 Å². The molecule has 2 rings (SSSR count). The highest BCUT2D eigenvalue weighted by Gasteiger charge is 2.13. The zero-order chi connectivity index (χ0) is 20.4. The molecular formula is C20H30ClN5O2. The van der Waals surface area contributed by atoms with Gasteiger partial charge in [0.1, 0.15) is 0 Å². The Morgan fingerprint density at radius 2 is 1.93 bits per heavy atom. The summed E-state index contributed by atoms with van der Waals surface area (Å²) in [6, 6.07) is 7.35. The van der Waals surface area contributed by atoms with Crippen molar-refractivity contribution in [1.82, 2.24) is 20.8 Å². The van der Waals surface area contributed by atoms with Crippen LogP contribution in [-0.2, 0) is 11.2 Å². The number of ether oxygens (including phenoxy) is 1. The van der Waals surface area contributed by atoms with E-state index in [1.165, 1.54) is 0 Å². The van der Waals surface area contributed by atoms with E-state index in [9.17, 15) is 0 Å². The second-order valence-corrected chi connectivity index (χ2v) is 7.16. The van der Waals surface area contributed by atoms with E-state index in [0.717, 1.165) is 31.1 Å². The van der Waals surface area contributed by atoms with E-state index in [-0.39, 0.29) is 6.10 Å². The molecule has 1 aromatic carbocycles. The molecule has 1 atom stereocenters. The van der Waals surface area contributed by atoms with Crippen molar-refractivity contribution in [2.24, 2.45) is 10.9 Å². The standard InChI is InChI=1S/C20H30ClN5O2/c1-5-27-17(14(2)3)10-12-23-20(22-4)24-13-11-18-25-19(26-28-18)15-6-8-16(21)9-7-15/h6-9,14,17H,5,10-13H2,1-4H3,(H2,22,23,24). The highest BCUT2D eigenvalue weighted by molar-refractivity contribution is 6.30. The van der Waals surface area contributed by atoms with Crippen LogP contribution in [-0.4, -0.2) is 48.9 Å². The van der Waals surface area contributed by atoms with Gasteiger partial charge in [-0.05, 0) is 43.5 Å². The third kappa shape index (κ3) is 7.13. The average Bonchev–Trinajstić information content (AvgIpc) is 3.15. The molecule has 0 saturated heterocycles. The molecule has 1 heterocycles. The Morgan fingerprint density at radius 1 is 1.21 bits per heavy atom. The molecule has 0 bridgehead atoms. The number of nitrogens with zero attached hydrogens (tertiary/aromatic N) is 3. The van der Waals surface area contributed by atoms with Crippen LogP contribution in [0.4, 0.5) is 0 Å². The van der Waals surface area contributed by atoms with Crippen molar-refractivity contribution in [3.8, 4) is 11.4 Å². The van der Waals surface area contributed by atoms with Crippen molar-refractivity contribution in [2.75, 3.05) is 26.7 Å². The fourth-order valence-corrected chi connectivity index (χ4v) is 2.86. The van der Waals surface area contributed by atoms with Crippen molar-refractivity contribution in [2.45, 2.75) is 39.7 Å². The normalized spacial score (nSPS) is 13.0. The number of halogens is 1. The maximum atomic E-state index is 5.90. The second kappa shape index (κ2) is 11.7. The lowest BCUT2D eigenvalue weighted by Gasteiger charge is -2.21. The number of guanidine groups is 1. The SMILES string of the molecule is CCOC(CCNC(=NC)NCCc1nc(-c2ccc(Cl)cc2)no1)C(C)C. The summed E-state index contributed by atoms with van der Waals surface area (Å²) in [5.74, 6) is 2.37. The van der Waals surface area contributed by atoms with Gasteiger partial charge in [0.25, 0.3) is 0 Å². The smallest absolute Gasteiger partial charge is 0.228 e. The predicted octanol–water partition coefficient (Wildman–Crippen LogP) is 3.55. The minimum atomic E-state index is 0.250. The van der Waals surface area contributed by atoms with Crippen LogP contribution < -0.4 is 10.6 Å². The quantitative estimate of drug-likeness (QED) is 0.462. The molecule has 28 heavy (non-hydrogen) atoms. The number of hydrogen-bond donors (Lipinski definition) is 2. The zero-order valence-electron chi connectivity index (χ0n) is 17.0. The third-order valence-electron chi connectivity index (χ3n) is 4.27. The molecule has 0 aliphatic rings. The first kappa shape index (κ1) is 22.2. The zero-order valence-corrected chi connectivity index (χ0v) is 17.8.